The van der Waals surface area contributed by atoms with Crippen LogP contribution >= 0.6 is 0 Å². The van der Waals surface area contributed by atoms with Crippen molar-refractivity contribution >= 4 is 21.4 Å². The molecule has 1 saturated heterocycles. The lowest BCUT2D eigenvalue weighted by Gasteiger charge is -2.12. The minimum Gasteiger partial charge on any atom is -0.393 e. The lowest BCUT2D eigenvalue weighted by molar-refractivity contribution is -0.383. The van der Waals surface area contributed by atoms with E-state index < -0.39 is 14.9 Å². The molecular formula is C12H18N4O4S. The third-order valence-electron chi connectivity index (χ3n) is 3.56. The van der Waals surface area contributed by atoms with Crippen LogP contribution in [0.25, 0.3) is 0 Å². The molecular weight excluding hydrogens is 296 g/mol. The summed E-state index contributed by atoms with van der Waals surface area (Å²) >= 11 is 0. The highest BCUT2D eigenvalue weighted by Crippen LogP contribution is 2.24. The number of nitrogens with zero attached hydrogens (tertiary/aromatic N) is 2. The van der Waals surface area contributed by atoms with E-state index in [0.29, 0.717) is 6.54 Å². The Morgan fingerprint density at radius 3 is 2.76 bits per heavy atom. The monoisotopic (exact) mass is 314 g/mol. The molecule has 1 atom stereocenters. The summed E-state index contributed by atoms with van der Waals surface area (Å²) in [4.78, 5) is 12.1. The van der Waals surface area contributed by atoms with Gasteiger partial charge < -0.3 is 10.6 Å². The number of nitrogens with one attached hydrogen (secondary N) is 1. The van der Waals surface area contributed by atoms with Gasteiger partial charge >= 0.3 is 0 Å². The van der Waals surface area contributed by atoms with Gasteiger partial charge in [-0.3, -0.25) is 10.1 Å². The summed E-state index contributed by atoms with van der Waals surface area (Å²) in [7, 11) is -1.71. The average Bonchev–Trinajstić information content (AvgIpc) is 2.82. The van der Waals surface area contributed by atoms with E-state index in [0.717, 1.165) is 31.6 Å². The molecule has 1 aliphatic rings. The topological polar surface area (TPSA) is 119 Å². The lowest BCUT2D eigenvalue weighted by atomic mass is 10.1. The van der Waals surface area contributed by atoms with Gasteiger partial charge in [0.15, 0.2) is 0 Å². The molecule has 0 bridgehead atoms. The number of hydrogen-bond acceptors (Lipinski definition) is 6. The number of rotatable bonds is 5. The number of benzene rings is 1. The molecule has 1 heterocycles. The Bertz CT molecular complexity index is 647. The van der Waals surface area contributed by atoms with Crippen molar-refractivity contribution in [1.82, 2.24) is 9.62 Å². The quantitative estimate of drug-likeness (QED) is 0.461. The van der Waals surface area contributed by atoms with Crippen LogP contribution in [0.5, 0.6) is 0 Å². The number of nitro groups is 1. The second kappa shape index (κ2) is 5.96. The molecule has 2 rings (SSSR count). The molecule has 0 aromatic heterocycles. The van der Waals surface area contributed by atoms with E-state index in [9.17, 15) is 18.5 Å². The van der Waals surface area contributed by atoms with E-state index in [4.69, 9.17) is 5.73 Å². The first-order valence-corrected chi connectivity index (χ1v) is 8.00. The van der Waals surface area contributed by atoms with Gasteiger partial charge in [-0.2, -0.15) is 0 Å². The molecule has 3 N–H and O–H groups in total. The molecule has 8 nitrogen and oxygen atoms in total. The van der Waals surface area contributed by atoms with E-state index in [1.165, 1.54) is 6.07 Å². The highest BCUT2D eigenvalue weighted by Gasteiger charge is 2.23. The summed E-state index contributed by atoms with van der Waals surface area (Å²) in [6, 6.07) is 3.41. The van der Waals surface area contributed by atoms with Crippen molar-refractivity contribution < 1.29 is 13.3 Å². The Balaban J connectivity index is 2.09. The maximum atomic E-state index is 12.2. The molecule has 21 heavy (non-hydrogen) atoms. The number of nitrogens with two attached hydrogens (primary N) is 1. The Labute approximate surface area is 123 Å². The maximum absolute atomic E-state index is 12.2. The molecule has 0 aliphatic carbocycles. The van der Waals surface area contributed by atoms with Crippen LogP contribution in [0.1, 0.15) is 6.42 Å². The van der Waals surface area contributed by atoms with Crippen LogP contribution in [-0.2, 0) is 10.0 Å². The molecule has 116 valence electrons. The fourth-order valence-electron chi connectivity index (χ4n) is 2.37. The number of nitrogen functional groups attached to an aromatic ring is 1. The first-order valence-electron chi connectivity index (χ1n) is 6.52. The van der Waals surface area contributed by atoms with Gasteiger partial charge in [-0.1, -0.05) is 0 Å². The van der Waals surface area contributed by atoms with Crippen molar-refractivity contribution in [2.24, 2.45) is 5.92 Å². The smallest absolute Gasteiger partial charge is 0.292 e. The fourth-order valence-corrected chi connectivity index (χ4v) is 3.52. The third kappa shape index (κ3) is 3.69. The highest BCUT2D eigenvalue weighted by molar-refractivity contribution is 7.89. The Kier molecular flexibility index (Phi) is 4.45. The van der Waals surface area contributed by atoms with Crippen LogP contribution in [0.2, 0.25) is 0 Å². The van der Waals surface area contributed by atoms with Crippen molar-refractivity contribution in [3.05, 3.63) is 28.3 Å². The van der Waals surface area contributed by atoms with Crippen molar-refractivity contribution in [1.29, 1.82) is 0 Å². The van der Waals surface area contributed by atoms with Gasteiger partial charge in [0.05, 0.1) is 9.82 Å². The van der Waals surface area contributed by atoms with Crippen LogP contribution in [0, 0.1) is 16.0 Å². The van der Waals surface area contributed by atoms with Gasteiger partial charge in [-0.05, 0) is 38.1 Å². The van der Waals surface area contributed by atoms with E-state index in [1.54, 1.807) is 0 Å². The van der Waals surface area contributed by atoms with Gasteiger partial charge in [0.2, 0.25) is 10.0 Å². The molecule has 0 saturated carbocycles. The van der Waals surface area contributed by atoms with E-state index >= 15 is 0 Å². The SMILES string of the molecule is CN1CCC(CNS(=O)(=O)c2ccc([N+](=O)[O-])c(N)c2)C1. The first-order chi connectivity index (χ1) is 9.79. The Hall–Kier alpha value is -1.71. The van der Waals surface area contributed by atoms with Crippen LogP contribution in [0.3, 0.4) is 0 Å². The van der Waals surface area contributed by atoms with Gasteiger partial charge in [0.25, 0.3) is 5.69 Å². The molecule has 1 unspecified atom stereocenters. The molecule has 9 heteroatoms. The fraction of sp³-hybridized carbons (Fsp3) is 0.500. The maximum Gasteiger partial charge on any atom is 0.292 e. The zero-order valence-electron chi connectivity index (χ0n) is 11.7. The molecule has 0 spiro atoms. The summed E-state index contributed by atoms with van der Waals surface area (Å²) in [5, 5.41) is 10.7. The summed E-state index contributed by atoms with van der Waals surface area (Å²) in [5.74, 6) is 0.278. The van der Waals surface area contributed by atoms with Crippen molar-refractivity contribution in [2.75, 3.05) is 32.4 Å². The number of hydrogen-bond donors (Lipinski definition) is 2. The number of anilines is 1. The first kappa shape index (κ1) is 15.7. The Morgan fingerprint density at radius 1 is 1.52 bits per heavy atom. The molecule has 1 aliphatic heterocycles. The Morgan fingerprint density at radius 2 is 2.24 bits per heavy atom. The van der Waals surface area contributed by atoms with E-state index in [2.05, 4.69) is 9.62 Å². The summed E-state index contributed by atoms with van der Waals surface area (Å²) in [6.45, 7) is 2.16. The average molecular weight is 314 g/mol. The van der Waals surface area contributed by atoms with Crippen molar-refractivity contribution in [3.63, 3.8) is 0 Å². The van der Waals surface area contributed by atoms with Crippen molar-refractivity contribution in [2.45, 2.75) is 11.3 Å². The van der Waals surface area contributed by atoms with E-state index in [-0.39, 0.29) is 22.2 Å². The predicted octanol–water partition coefficient (Wildman–Crippen LogP) is 0.407. The summed E-state index contributed by atoms with van der Waals surface area (Å²) in [6.07, 6.45) is 0.946. The highest BCUT2D eigenvalue weighted by atomic mass is 32.2. The standard InChI is InChI=1S/C12H18N4O4S/c1-15-5-4-9(8-15)7-14-21(19,20)10-2-3-12(16(17)18)11(13)6-10/h2-3,6,9,14H,4-5,7-8,13H2,1H3. The molecule has 0 radical (unpaired) electrons. The lowest BCUT2D eigenvalue weighted by Crippen LogP contribution is -2.30. The zero-order valence-corrected chi connectivity index (χ0v) is 12.5. The number of nitro benzene ring substituents is 1. The van der Waals surface area contributed by atoms with Crippen LogP contribution in [-0.4, -0.2) is 44.9 Å². The molecule has 0 amide bonds. The largest absolute Gasteiger partial charge is 0.393 e. The minimum absolute atomic E-state index is 0.0584. The number of likely N-dealkylation sites (tertiary alicyclic amines) is 1. The molecule has 1 fully saturated rings. The molecule has 1 aromatic carbocycles. The second-order valence-corrected chi connectivity index (χ2v) is 7.01. The zero-order chi connectivity index (χ0) is 15.6. The van der Waals surface area contributed by atoms with Crippen LogP contribution in [0.15, 0.2) is 23.1 Å². The normalized spacial score (nSPS) is 19.8. The minimum atomic E-state index is -3.70. The van der Waals surface area contributed by atoms with Gasteiger partial charge in [-0.15, -0.1) is 0 Å². The van der Waals surface area contributed by atoms with Crippen LogP contribution in [0.4, 0.5) is 11.4 Å². The van der Waals surface area contributed by atoms with Crippen molar-refractivity contribution in [3.8, 4) is 0 Å². The summed E-state index contributed by atoms with van der Waals surface area (Å²) in [5.41, 5.74) is 5.05. The van der Waals surface area contributed by atoms with Gasteiger partial charge in [0.1, 0.15) is 5.69 Å². The van der Waals surface area contributed by atoms with Gasteiger partial charge in [-0.25, -0.2) is 13.1 Å². The molecule has 1 aromatic rings. The third-order valence-corrected chi connectivity index (χ3v) is 4.98. The van der Waals surface area contributed by atoms with Crippen LogP contribution < -0.4 is 10.5 Å². The number of sulfonamides is 1. The van der Waals surface area contributed by atoms with Gasteiger partial charge in [0, 0.05) is 19.2 Å². The van der Waals surface area contributed by atoms with E-state index in [1.807, 2.05) is 7.05 Å². The second-order valence-electron chi connectivity index (χ2n) is 5.25. The predicted molar refractivity (Wildman–Crippen MR) is 78.3 cm³/mol. The summed E-state index contributed by atoms with van der Waals surface area (Å²) < 4.78 is 26.8.